The molecule has 1 aliphatic rings. The Bertz CT molecular complexity index is 1180. The van der Waals surface area contributed by atoms with Crippen molar-refractivity contribution in [2.24, 2.45) is 0 Å². The molecule has 5 rings (SSSR count). The van der Waals surface area contributed by atoms with Gasteiger partial charge in [-0.25, -0.2) is 9.78 Å². The molecule has 30 heavy (non-hydrogen) atoms. The molecule has 7 nitrogen and oxygen atoms in total. The second-order valence-electron chi connectivity index (χ2n) is 7.19. The van der Waals surface area contributed by atoms with Gasteiger partial charge in [0, 0.05) is 24.0 Å². The van der Waals surface area contributed by atoms with Gasteiger partial charge in [-0.15, -0.1) is 10.2 Å². The van der Waals surface area contributed by atoms with Crippen molar-refractivity contribution >= 4 is 22.7 Å². The molecule has 7 heteroatoms. The highest BCUT2D eigenvalue weighted by atomic mass is 16.5. The van der Waals surface area contributed by atoms with Gasteiger partial charge in [0.15, 0.2) is 6.61 Å². The predicted octanol–water partition coefficient (Wildman–Crippen LogP) is 4.24. The van der Waals surface area contributed by atoms with Crippen LogP contribution in [-0.2, 0) is 11.3 Å². The predicted molar refractivity (Wildman–Crippen MR) is 112 cm³/mol. The third-order valence-electron chi connectivity index (χ3n) is 5.14. The van der Waals surface area contributed by atoms with E-state index < -0.39 is 5.97 Å². The summed E-state index contributed by atoms with van der Waals surface area (Å²) in [4.78, 5) is 19.8. The smallest absolute Gasteiger partial charge is 0.342 e. The minimum absolute atomic E-state index is 0.0923. The van der Waals surface area contributed by atoms with E-state index in [0.717, 1.165) is 42.4 Å². The summed E-state index contributed by atoms with van der Waals surface area (Å²) in [5.74, 6) is 0.867. The molecule has 0 N–H and O–H groups in total. The number of pyridine rings is 1. The Morgan fingerprint density at radius 2 is 1.77 bits per heavy atom. The van der Waals surface area contributed by atoms with Crippen molar-refractivity contribution in [3.8, 4) is 11.5 Å². The van der Waals surface area contributed by atoms with E-state index in [2.05, 4.69) is 15.1 Å². The third kappa shape index (κ3) is 3.61. The van der Waals surface area contributed by atoms with Crippen LogP contribution in [-0.4, -0.2) is 34.2 Å². The Kier molecular flexibility index (Phi) is 4.85. The van der Waals surface area contributed by atoms with Crippen molar-refractivity contribution < 1.29 is 13.9 Å². The van der Waals surface area contributed by atoms with Crippen molar-refractivity contribution in [3.63, 3.8) is 0 Å². The zero-order valence-electron chi connectivity index (χ0n) is 16.3. The molecule has 1 aliphatic heterocycles. The van der Waals surface area contributed by atoms with E-state index in [-0.39, 0.29) is 12.5 Å². The second kappa shape index (κ2) is 7.94. The van der Waals surface area contributed by atoms with Gasteiger partial charge in [0.25, 0.3) is 5.89 Å². The van der Waals surface area contributed by atoms with Crippen LogP contribution in [0.3, 0.4) is 0 Å². The number of hydrogen-bond donors (Lipinski definition) is 0. The summed E-state index contributed by atoms with van der Waals surface area (Å²) < 4.78 is 11.1. The molecule has 0 amide bonds. The topological polar surface area (TPSA) is 81.3 Å². The Balaban J connectivity index is 1.38. The van der Waals surface area contributed by atoms with Gasteiger partial charge in [0.2, 0.25) is 5.89 Å². The molecule has 150 valence electrons. The van der Waals surface area contributed by atoms with Crippen LogP contribution in [0.5, 0.6) is 0 Å². The Morgan fingerprint density at radius 1 is 1.00 bits per heavy atom. The van der Waals surface area contributed by atoms with Crippen LogP contribution in [0.15, 0.2) is 65.1 Å². The summed E-state index contributed by atoms with van der Waals surface area (Å²) in [5.41, 5.74) is 2.14. The first-order chi connectivity index (χ1) is 14.8. The highest BCUT2D eigenvalue weighted by Crippen LogP contribution is 2.27. The molecule has 0 atom stereocenters. The van der Waals surface area contributed by atoms with Crippen LogP contribution in [0.1, 0.15) is 29.1 Å². The lowest BCUT2D eigenvalue weighted by atomic mass is 10.1. The third-order valence-corrected chi connectivity index (χ3v) is 5.14. The molecule has 0 radical (unpaired) electrons. The number of esters is 1. The minimum atomic E-state index is -0.449. The molecule has 0 aliphatic carbocycles. The summed E-state index contributed by atoms with van der Waals surface area (Å²) in [6.45, 7) is 1.68. The summed E-state index contributed by atoms with van der Waals surface area (Å²) in [6.07, 6.45) is 2.18. The van der Waals surface area contributed by atoms with Crippen LogP contribution in [0.2, 0.25) is 0 Å². The zero-order chi connectivity index (χ0) is 20.3. The lowest BCUT2D eigenvalue weighted by Crippen LogP contribution is -2.23. The molecule has 2 aromatic heterocycles. The quantitative estimate of drug-likeness (QED) is 0.463. The van der Waals surface area contributed by atoms with Crippen molar-refractivity contribution in [1.29, 1.82) is 0 Å². The van der Waals surface area contributed by atoms with Crippen molar-refractivity contribution in [1.82, 2.24) is 15.2 Å². The SMILES string of the molecule is O=C(OCc1nnc(-c2ccccc2)o1)c1cc2ccccc2nc1N1CCCC1. The van der Waals surface area contributed by atoms with E-state index in [1.54, 1.807) is 0 Å². The first-order valence-corrected chi connectivity index (χ1v) is 9.97. The van der Waals surface area contributed by atoms with Crippen LogP contribution >= 0.6 is 0 Å². The van der Waals surface area contributed by atoms with E-state index in [0.29, 0.717) is 17.3 Å². The Morgan fingerprint density at radius 3 is 2.60 bits per heavy atom. The fourth-order valence-corrected chi connectivity index (χ4v) is 3.64. The van der Waals surface area contributed by atoms with Gasteiger partial charge in [0.1, 0.15) is 11.4 Å². The van der Waals surface area contributed by atoms with Crippen LogP contribution < -0.4 is 4.90 Å². The molecule has 0 spiro atoms. The number of hydrogen-bond acceptors (Lipinski definition) is 7. The number of benzene rings is 2. The number of ether oxygens (including phenoxy) is 1. The molecule has 0 saturated carbocycles. The standard InChI is InChI=1S/C23H20N4O3/c28-23(29-15-20-25-26-22(30-20)16-8-2-1-3-9-16)18-14-17-10-4-5-11-19(17)24-21(18)27-12-6-7-13-27/h1-5,8-11,14H,6-7,12-13,15H2. The Hall–Kier alpha value is -3.74. The highest BCUT2D eigenvalue weighted by Gasteiger charge is 2.23. The number of aromatic nitrogens is 3. The van der Waals surface area contributed by atoms with E-state index >= 15 is 0 Å². The number of fused-ring (bicyclic) bond motifs is 1. The first kappa shape index (κ1) is 18.3. The molecular weight excluding hydrogens is 380 g/mol. The molecule has 1 saturated heterocycles. The van der Waals surface area contributed by atoms with Crippen molar-refractivity contribution in [2.45, 2.75) is 19.4 Å². The number of carbonyl (C=O) groups excluding carboxylic acids is 1. The molecule has 4 aromatic rings. The van der Waals surface area contributed by atoms with Gasteiger partial charge in [-0.05, 0) is 37.1 Å². The van der Waals surface area contributed by atoms with Crippen LogP contribution in [0.25, 0.3) is 22.4 Å². The minimum Gasteiger partial charge on any atom is -0.452 e. The molecule has 1 fully saturated rings. The second-order valence-corrected chi connectivity index (χ2v) is 7.19. The molecule has 2 aromatic carbocycles. The van der Waals surface area contributed by atoms with Crippen LogP contribution in [0.4, 0.5) is 5.82 Å². The van der Waals surface area contributed by atoms with Crippen molar-refractivity contribution in [2.75, 3.05) is 18.0 Å². The number of anilines is 1. The molecule has 0 unspecified atom stereocenters. The van der Waals surface area contributed by atoms with Gasteiger partial charge < -0.3 is 14.1 Å². The number of rotatable bonds is 5. The van der Waals surface area contributed by atoms with Crippen molar-refractivity contribution in [3.05, 3.63) is 72.1 Å². The molecular formula is C23H20N4O3. The summed E-state index contributed by atoms with van der Waals surface area (Å²) >= 11 is 0. The van der Waals surface area contributed by atoms with E-state index in [1.165, 1.54) is 0 Å². The van der Waals surface area contributed by atoms with Gasteiger partial charge in [0.05, 0.1) is 5.52 Å². The van der Waals surface area contributed by atoms with Gasteiger partial charge in [-0.1, -0.05) is 36.4 Å². The van der Waals surface area contributed by atoms with E-state index in [4.69, 9.17) is 14.1 Å². The number of para-hydroxylation sites is 1. The van der Waals surface area contributed by atoms with Gasteiger partial charge in [-0.3, -0.25) is 0 Å². The maximum atomic E-state index is 12.9. The largest absolute Gasteiger partial charge is 0.452 e. The highest BCUT2D eigenvalue weighted by molar-refractivity contribution is 5.99. The van der Waals surface area contributed by atoms with Gasteiger partial charge >= 0.3 is 5.97 Å². The lowest BCUT2D eigenvalue weighted by Gasteiger charge is -2.20. The average molecular weight is 400 g/mol. The summed E-state index contributed by atoms with van der Waals surface area (Å²) in [6, 6.07) is 19.1. The zero-order valence-corrected chi connectivity index (χ0v) is 16.3. The monoisotopic (exact) mass is 400 g/mol. The number of carbonyl (C=O) groups is 1. The summed E-state index contributed by atoms with van der Waals surface area (Å²) in [7, 11) is 0. The first-order valence-electron chi connectivity index (χ1n) is 9.97. The maximum Gasteiger partial charge on any atom is 0.342 e. The molecule has 3 heterocycles. The van der Waals surface area contributed by atoms with Crippen LogP contribution in [0, 0.1) is 0 Å². The summed E-state index contributed by atoms with van der Waals surface area (Å²) in [5, 5.41) is 8.92. The van der Waals surface area contributed by atoms with E-state index in [9.17, 15) is 4.79 Å². The average Bonchev–Trinajstić information content (AvgIpc) is 3.49. The fourth-order valence-electron chi connectivity index (χ4n) is 3.64. The maximum absolute atomic E-state index is 12.9. The lowest BCUT2D eigenvalue weighted by molar-refractivity contribution is 0.0439. The fraction of sp³-hybridized carbons (Fsp3) is 0.217. The van der Waals surface area contributed by atoms with E-state index in [1.807, 2.05) is 60.7 Å². The molecule has 0 bridgehead atoms. The number of nitrogens with zero attached hydrogens (tertiary/aromatic N) is 4. The normalized spacial score (nSPS) is 13.7. The Labute approximate surface area is 173 Å². The van der Waals surface area contributed by atoms with Gasteiger partial charge in [-0.2, -0.15) is 0 Å².